The Morgan fingerprint density at radius 1 is 1.24 bits per heavy atom. The molecule has 0 radical (unpaired) electrons. The summed E-state index contributed by atoms with van der Waals surface area (Å²) >= 11 is 1.40. The maximum absolute atomic E-state index is 12.9. The van der Waals surface area contributed by atoms with Crippen LogP contribution in [0.2, 0.25) is 0 Å². The molecule has 1 aromatic carbocycles. The molecule has 4 nitrogen and oxygen atoms in total. The molecular weight excluding hydrogens is 304 g/mol. The number of benzene rings is 1. The minimum atomic E-state index is -3.50. The number of hydrogen-bond acceptors (Lipinski definition) is 4. The van der Waals surface area contributed by atoms with Gasteiger partial charge in [0.15, 0.2) is 0 Å². The van der Waals surface area contributed by atoms with Crippen LogP contribution in [0.1, 0.15) is 23.3 Å². The first-order valence-electron chi connectivity index (χ1n) is 7.01. The maximum Gasteiger partial charge on any atom is 0.265 e. The monoisotopic (exact) mass is 322 g/mol. The van der Waals surface area contributed by atoms with Crippen molar-refractivity contribution in [3.8, 4) is 0 Å². The minimum Gasteiger partial charge on any atom is -0.326 e. The molecule has 2 N–H and O–H groups in total. The predicted molar refractivity (Wildman–Crippen MR) is 86.1 cm³/mol. The van der Waals surface area contributed by atoms with Gasteiger partial charge in [0.05, 0.1) is 10.6 Å². The molecule has 2 heterocycles. The van der Waals surface area contributed by atoms with Crippen LogP contribution in [0, 0.1) is 0 Å². The van der Waals surface area contributed by atoms with Gasteiger partial charge in [0.25, 0.3) is 10.0 Å². The number of thiophene rings is 1. The van der Waals surface area contributed by atoms with E-state index in [0.29, 0.717) is 18.0 Å². The van der Waals surface area contributed by atoms with E-state index in [4.69, 9.17) is 5.73 Å². The summed E-state index contributed by atoms with van der Waals surface area (Å²) in [6, 6.07) is 9.46. The van der Waals surface area contributed by atoms with Gasteiger partial charge in [0, 0.05) is 23.3 Å². The summed E-state index contributed by atoms with van der Waals surface area (Å²) in [6.07, 6.45) is 2.82. The Labute approximate surface area is 129 Å². The zero-order valence-electron chi connectivity index (χ0n) is 11.7. The lowest BCUT2D eigenvalue weighted by Gasteiger charge is -2.23. The largest absolute Gasteiger partial charge is 0.326 e. The average molecular weight is 322 g/mol. The van der Waals surface area contributed by atoms with Gasteiger partial charge < -0.3 is 5.73 Å². The lowest BCUT2D eigenvalue weighted by molar-refractivity contribution is 0.589. The highest BCUT2D eigenvalue weighted by Crippen LogP contribution is 2.32. The lowest BCUT2D eigenvalue weighted by atomic mass is 10.1. The molecule has 21 heavy (non-hydrogen) atoms. The van der Waals surface area contributed by atoms with E-state index in [9.17, 15) is 8.42 Å². The third kappa shape index (κ3) is 2.71. The molecule has 0 bridgehead atoms. The molecule has 3 rings (SSSR count). The van der Waals surface area contributed by atoms with Crippen LogP contribution < -0.4 is 10.0 Å². The normalized spacial score (nSPS) is 15.6. The number of rotatable bonds is 3. The molecule has 2 aromatic rings. The number of para-hydroxylation sites is 1. The number of fused-ring (bicyclic) bond motifs is 1. The van der Waals surface area contributed by atoms with Crippen molar-refractivity contribution < 1.29 is 8.42 Å². The standard InChI is InChI=1S/C15H18N2O2S2/c16-10-13-9-14(11-20-13)21(18,19)17-8-4-3-6-12-5-1-2-7-15(12)17/h1-2,5,7,9,11H,3-4,6,8,10,16H2. The number of anilines is 1. The third-order valence-corrected chi connectivity index (χ3v) is 6.64. The fourth-order valence-corrected chi connectivity index (χ4v) is 5.32. The molecule has 0 saturated carbocycles. The molecule has 0 unspecified atom stereocenters. The second-order valence-corrected chi connectivity index (χ2v) is 7.97. The van der Waals surface area contributed by atoms with Gasteiger partial charge in [-0.1, -0.05) is 18.2 Å². The quantitative estimate of drug-likeness (QED) is 0.945. The van der Waals surface area contributed by atoms with E-state index in [0.717, 1.165) is 35.4 Å². The van der Waals surface area contributed by atoms with Gasteiger partial charge in [-0.3, -0.25) is 4.31 Å². The molecule has 6 heteroatoms. The zero-order valence-corrected chi connectivity index (χ0v) is 13.3. The second kappa shape index (κ2) is 5.79. The number of hydrogen-bond donors (Lipinski definition) is 1. The van der Waals surface area contributed by atoms with Crippen LogP contribution in [0.15, 0.2) is 40.6 Å². The van der Waals surface area contributed by atoms with E-state index in [-0.39, 0.29) is 0 Å². The lowest BCUT2D eigenvalue weighted by Crippen LogP contribution is -2.31. The fourth-order valence-electron chi connectivity index (χ4n) is 2.64. The highest BCUT2D eigenvalue weighted by Gasteiger charge is 2.28. The van der Waals surface area contributed by atoms with Crippen LogP contribution in [0.3, 0.4) is 0 Å². The number of nitrogens with zero attached hydrogens (tertiary/aromatic N) is 1. The Morgan fingerprint density at radius 3 is 2.81 bits per heavy atom. The Balaban J connectivity index is 2.06. The molecule has 0 fully saturated rings. The Kier molecular flexibility index (Phi) is 4.01. The van der Waals surface area contributed by atoms with E-state index >= 15 is 0 Å². The van der Waals surface area contributed by atoms with Gasteiger partial charge >= 0.3 is 0 Å². The maximum atomic E-state index is 12.9. The van der Waals surface area contributed by atoms with Gasteiger partial charge in [-0.25, -0.2) is 8.42 Å². The van der Waals surface area contributed by atoms with Crippen molar-refractivity contribution in [1.82, 2.24) is 0 Å². The van der Waals surface area contributed by atoms with E-state index in [1.165, 1.54) is 11.3 Å². The number of sulfonamides is 1. The number of aryl methyl sites for hydroxylation is 1. The summed E-state index contributed by atoms with van der Waals surface area (Å²) in [5.41, 5.74) is 7.51. The average Bonchev–Trinajstić information content (AvgIpc) is 2.87. The van der Waals surface area contributed by atoms with Gasteiger partial charge in [0.1, 0.15) is 0 Å². The smallest absolute Gasteiger partial charge is 0.265 e. The van der Waals surface area contributed by atoms with Crippen LogP contribution in [-0.2, 0) is 23.0 Å². The van der Waals surface area contributed by atoms with Gasteiger partial charge in [-0.05, 0) is 37.0 Å². The van der Waals surface area contributed by atoms with Gasteiger partial charge in [-0.15, -0.1) is 11.3 Å². The summed E-state index contributed by atoms with van der Waals surface area (Å²) in [6.45, 7) is 0.907. The van der Waals surface area contributed by atoms with Crippen LogP contribution in [-0.4, -0.2) is 15.0 Å². The molecule has 0 atom stereocenters. The molecule has 1 aromatic heterocycles. The van der Waals surface area contributed by atoms with Crippen molar-refractivity contribution in [2.45, 2.75) is 30.7 Å². The molecule has 0 saturated heterocycles. The summed E-state index contributed by atoms with van der Waals surface area (Å²) in [5, 5.41) is 1.69. The Hall–Kier alpha value is -1.37. The van der Waals surface area contributed by atoms with Gasteiger partial charge in [0.2, 0.25) is 0 Å². The van der Waals surface area contributed by atoms with Crippen molar-refractivity contribution in [3.05, 3.63) is 46.2 Å². The first-order valence-corrected chi connectivity index (χ1v) is 9.33. The van der Waals surface area contributed by atoms with E-state index in [2.05, 4.69) is 0 Å². The first kappa shape index (κ1) is 14.6. The summed E-state index contributed by atoms with van der Waals surface area (Å²) in [7, 11) is -3.50. The Bertz CT molecular complexity index is 738. The Morgan fingerprint density at radius 2 is 2.05 bits per heavy atom. The van der Waals surface area contributed by atoms with Crippen molar-refractivity contribution in [1.29, 1.82) is 0 Å². The third-order valence-electron chi connectivity index (χ3n) is 3.74. The van der Waals surface area contributed by atoms with Crippen LogP contribution in [0.25, 0.3) is 0 Å². The molecule has 0 amide bonds. The fraction of sp³-hybridized carbons (Fsp3) is 0.333. The molecule has 1 aliphatic heterocycles. The summed E-state index contributed by atoms with van der Waals surface area (Å²) in [5.74, 6) is 0. The predicted octanol–water partition coefficient (Wildman–Crippen LogP) is 2.74. The molecule has 0 spiro atoms. The minimum absolute atomic E-state index is 0.352. The van der Waals surface area contributed by atoms with Crippen molar-refractivity contribution in [2.75, 3.05) is 10.8 Å². The summed E-state index contributed by atoms with van der Waals surface area (Å²) < 4.78 is 27.4. The van der Waals surface area contributed by atoms with Crippen molar-refractivity contribution in [2.24, 2.45) is 5.73 Å². The van der Waals surface area contributed by atoms with Crippen LogP contribution in [0.5, 0.6) is 0 Å². The second-order valence-electron chi connectivity index (χ2n) is 5.12. The van der Waals surface area contributed by atoms with Gasteiger partial charge in [-0.2, -0.15) is 0 Å². The highest BCUT2D eigenvalue weighted by atomic mass is 32.2. The number of nitrogens with two attached hydrogens (primary N) is 1. The van der Waals surface area contributed by atoms with E-state index < -0.39 is 10.0 Å². The summed E-state index contributed by atoms with van der Waals surface area (Å²) in [4.78, 5) is 1.24. The zero-order chi connectivity index (χ0) is 14.9. The molecule has 112 valence electrons. The topological polar surface area (TPSA) is 63.4 Å². The van der Waals surface area contributed by atoms with E-state index in [1.807, 2.05) is 24.3 Å². The van der Waals surface area contributed by atoms with E-state index in [1.54, 1.807) is 15.8 Å². The molecule has 1 aliphatic rings. The van der Waals surface area contributed by atoms with Crippen molar-refractivity contribution >= 4 is 27.0 Å². The van der Waals surface area contributed by atoms with Crippen molar-refractivity contribution in [3.63, 3.8) is 0 Å². The first-order chi connectivity index (χ1) is 10.1. The SMILES string of the molecule is NCc1cc(S(=O)(=O)N2CCCCc3ccccc32)cs1. The highest BCUT2D eigenvalue weighted by molar-refractivity contribution is 7.93. The molecular formula is C15H18N2O2S2. The molecule has 0 aliphatic carbocycles. The van der Waals surface area contributed by atoms with Crippen LogP contribution in [0.4, 0.5) is 5.69 Å². The van der Waals surface area contributed by atoms with Crippen LogP contribution >= 0.6 is 11.3 Å².